The summed E-state index contributed by atoms with van der Waals surface area (Å²) in [6, 6.07) is 4.55. The van der Waals surface area contributed by atoms with Crippen molar-refractivity contribution in [1.82, 2.24) is 9.78 Å². The van der Waals surface area contributed by atoms with Crippen molar-refractivity contribution < 1.29 is 9.66 Å². The van der Waals surface area contributed by atoms with Crippen molar-refractivity contribution in [2.45, 2.75) is 0 Å². The zero-order chi connectivity index (χ0) is 11.0. The molecule has 0 amide bonds. The van der Waals surface area contributed by atoms with Crippen molar-refractivity contribution in [3.05, 3.63) is 28.3 Å². The Morgan fingerprint density at radius 1 is 1.53 bits per heavy atom. The fourth-order valence-corrected chi connectivity index (χ4v) is 1.48. The van der Waals surface area contributed by atoms with Crippen LogP contribution >= 0.6 is 0 Å². The lowest BCUT2D eigenvalue weighted by Crippen LogP contribution is -1.91. The molecule has 6 heteroatoms. The van der Waals surface area contributed by atoms with Crippen LogP contribution in [-0.2, 0) is 7.05 Å². The minimum atomic E-state index is -0.432. The van der Waals surface area contributed by atoms with Crippen LogP contribution in [0.5, 0.6) is 5.88 Å². The van der Waals surface area contributed by atoms with E-state index >= 15 is 0 Å². The van der Waals surface area contributed by atoms with Crippen LogP contribution in [0.4, 0.5) is 5.69 Å². The van der Waals surface area contributed by atoms with Gasteiger partial charge in [-0.3, -0.25) is 14.8 Å². The predicted octanol–water partition coefficient (Wildman–Crippen LogP) is 1.49. The topological polar surface area (TPSA) is 70.2 Å². The third kappa shape index (κ3) is 1.39. The average Bonchev–Trinajstić information content (AvgIpc) is 2.55. The maximum atomic E-state index is 10.6. The van der Waals surface area contributed by atoms with Gasteiger partial charge < -0.3 is 4.74 Å². The minimum absolute atomic E-state index is 0.0492. The summed E-state index contributed by atoms with van der Waals surface area (Å²) in [5.74, 6) is 0.474. The number of aromatic nitrogens is 2. The second kappa shape index (κ2) is 3.23. The molecule has 2 aromatic rings. The van der Waals surface area contributed by atoms with E-state index in [1.807, 2.05) is 0 Å². The van der Waals surface area contributed by atoms with Gasteiger partial charge in [0.2, 0.25) is 5.88 Å². The molecule has 0 fully saturated rings. The molecule has 0 saturated heterocycles. The lowest BCUT2D eigenvalue weighted by molar-refractivity contribution is -0.384. The quantitative estimate of drug-likeness (QED) is 0.552. The van der Waals surface area contributed by atoms with Crippen LogP contribution in [0.15, 0.2) is 18.2 Å². The van der Waals surface area contributed by atoms with Gasteiger partial charge in [0.25, 0.3) is 5.69 Å². The molecule has 0 aliphatic heterocycles. The molecule has 0 radical (unpaired) electrons. The van der Waals surface area contributed by atoms with Gasteiger partial charge in [-0.1, -0.05) is 0 Å². The van der Waals surface area contributed by atoms with E-state index in [0.717, 1.165) is 5.39 Å². The SMILES string of the molecule is COc1nn(C)c2cc([N+](=O)[O-])ccc12. The first-order valence-electron chi connectivity index (χ1n) is 4.28. The maximum Gasteiger partial charge on any atom is 0.271 e. The molecule has 0 aliphatic carbocycles. The highest BCUT2D eigenvalue weighted by Gasteiger charge is 2.13. The Morgan fingerprint density at radius 2 is 2.27 bits per heavy atom. The molecular formula is C9H9N3O3. The van der Waals surface area contributed by atoms with Crippen LogP contribution in [0.1, 0.15) is 0 Å². The molecule has 0 N–H and O–H groups in total. The molecule has 0 atom stereocenters. The van der Waals surface area contributed by atoms with Gasteiger partial charge >= 0.3 is 0 Å². The number of nitrogens with zero attached hydrogens (tertiary/aromatic N) is 3. The first kappa shape index (κ1) is 9.45. The number of aryl methyl sites for hydroxylation is 1. The maximum absolute atomic E-state index is 10.6. The van der Waals surface area contributed by atoms with Crippen LogP contribution in [-0.4, -0.2) is 21.8 Å². The largest absolute Gasteiger partial charge is 0.479 e. The van der Waals surface area contributed by atoms with E-state index in [1.165, 1.54) is 19.2 Å². The highest BCUT2D eigenvalue weighted by atomic mass is 16.6. The second-order valence-electron chi connectivity index (χ2n) is 3.09. The molecule has 15 heavy (non-hydrogen) atoms. The van der Waals surface area contributed by atoms with Crippen LogP contribution < -0.4 is 4.74 Å². The smallest absolute Gasteiger partial charge is 0.271 e. The van der Waals surface area contributed by atoms with E-state index in [-0.39, 0.29) is 5.69 Å². The number of hydrogen-bond acceptors (Lipinski definition) is 4. The fourth-order valence-electron chi connectivity index (χ4n) is 1.48. The molecule has 78 valence electrons. The van der Waals surface area contributed by atoms with E-state index in [0.29, 0.717) is 11.4 Å². The number of non-ortho nitro benzene ring substituents is 1. The molecule has 1 aromatic heterocycles. The lowest BCUT2D eigenvalue weighted by atomic mass is 10.2. The van der Waals surface area contributed by atoms with Gasteiger partial charge in [-0.25, -0.2) is 0 Å². The zero-order valence-electron chi connectivity index (χ0n) is 8.30. The number of nitro benzene ring substituents is 1. The van der Waals surface area contributed by atoms with Gasteiger partial charge in [-0.15, -0.1) is 5.10 Å². The van der Waals surface area contributed by atoms with Gasteiger partial charge in [0.1, 0.15) is 0 Å². The monoisotopic (exact) mass is 207 g/mol. The summed E-state index contributed by atoms with van der Waals surface area (Å²) in [5, 5.41) is 15.4. The lowest BCUT2D eigenvalue weighted by Gasteiger charge is -1.94. The predicted molar refractivity (Wildman–Crippen MR) is 53.9 cm³/mol. The molecule has 2 rings (SSSR count). The number of benzene rings is 1. The Bertz CT molecular complexity index is 533. The van der Waals surface area contributed by atoms with Gasteiger partial charge in [0.05, 0.1) is 22.9 Å². The standard InChI is InChI=1S/C9H9N3O3/c1-11-8-5-6(12(13)14)3-4-7(8)9(10-11)15-2/h3-5H,1-2H3. The van der Waals surface area contributed by atoms with Gasteiger partial charge in [-0.05, 0) is 6.07 Å². The summed E-state index contributed by atoms with van der Waals surface area (Å²) >= 11 is 0. The number of rotatable bonds is 2. The van der Waals surface area contributed by atoms with Crippen molar-refractivity contribution in [3.63, 3.8) is 0 Å². The summed E-state index contributed by atoms with van der Waals surface area (Å²) in [4.78, 5) is 10.1. The molecule has 1 heterocycles. The van der Waals surface area contributed by atoms with E-state index in [9.17, 15) is 10.1 Å². The highest BCUT2D eigenvalue weighted by Crippen LogP contribution is 2.27. The number of ether oxygens (including phenoxy) is 1. The fraction of sp³-hybridized carbons (Fsp3) is 0.222. The molecule has 0 unspecified atom stereocenters. The van der Waals surface area contributed by atoms with Crippen molar-refractivity contribution in [2.75, 3.05) is 7.11 Å². The third-order valence-corrected chi connectivity index (χ3v) is 2.21. The molecule has 0 bridgehead atoms. The van der Waals surface area contributed by atoms with Crippen molar-refractivity contribution in [3.8, 4) is 5.88 Å². The second-order valence-corrected chi connectivity index (χ2v) is 3.09. The summed E-state index contributed by atoms with van der Waals surface area (Å²) in [5.41, 5.74) is 0.731. The van der Waals surface area contributed by atoms with Crippen LogP contribution in [0, 0.1) is 10.1 Å². The van der Waals surface area contributed by atoms with E-state index in [1.54, 1.807) is 17.8 Å². The van der Waals surface area contributed by atoms with E-state index < -0.39 is 4.92 Å². The minimum Gasteiger partial charge on any atom is -0.479 e. The molecule has 0 saturated carbocycles. The Morgan fingerprint density at radius 3 is 2.87 bits per heavy atom. The first-order valence-corrected chi connectivity index (χ1v) is 4.28. The number of nitro groups is 1. The number of hydrogen-bond donors (Lipinski definition) is 0. The van der Waals surface area contributed by atoms with E-state index in [2.05, 4.69) is 5.10 Å². The van der Waals surface area contributed by atoms with Crippen LogP contribution in [0.3, 0.4) is 0 Å². The Hall–Kier alpha value is -2.11. The first-order chi connectivity index (χ1) is 7.13. The van der Waals surface area contributed by atoms with Gasteiger partial charge in [0.15, 0.2) is 0 Å². The van der Waals surface area contributed by atoms with E-state index in [4.69, 9.17) is 4.74 Å². The van der Waals surface area contributed by atoms with Crippen molar-refractivity contribution >= 4 is 16.6 Å². The molecule has 0 spiro atoms. The van der Waals surface area contributed by atoms with Crippen molar-refractivity contribution in [2.24, 2.45) is 7.05 Å². The Balaban J connectivity index is 2.72. The molecule has 6 nitrogen and oxygen atoms in total. The summed E-state index contributed by atoms with van der Waals surface area (Å²) in [7, 11) is 3.23. The third-order valence-electron chi connectivity index (χ3n) is 2.21. The zero-order valence-corrected chi connectivity index (χ0v) is 8.30. The van der Waals surface area contributed by atoms with Crippen LogP contribution in [0.25, 0.3) is 10.9 Å². The summed E-state index contributed by atoms with van der Waals surface area (Å²) in [6.45, 7) is 0. The Labute approximate surface area is 85.2 Å². The number of fused-ring (bicyclic) bond motifs is 1. The molecular weight excluding hydrogens is 198 g/mol. The molecule has 1 aromatic carbocycles. The summed E-state index contributed by atoms with van der Waals surface area (Å²) in [6.07, 6.45) is 0. The van der Waals surface area contributed by atoms with Gasteiger partial charge in [0, 0.05) is 19.2 Å². The number of methoxy groups -OCH3 is 1. The van der Waals surface area contributed by atoms with Gasteiger partial charge in [-0.2, -0.15) is 0 Å². The molecule has 0 aliphatic rings. The van der Waals surface area contributed by atoms with Crippen molar-refractivity contribution in [1.29, 1.82) is 0 Å². The van der Waals surface area contributed by atoms with Crippen LogP contribution in [0.2, 0.25) is 0 Å². The normalized spacial score (nSPS) is 10.5. The average molecular weight is 207 g/mol. The Kier molecular flexibility index (Phi) is 2.03. The highest BCUT2D eigenvalue weighted by molar-refractivity contribution is 5.86. The summed E-state index contributed by atoms with van der Waals surface area (Å²) < 4.78 is 6.60.